The molecule has 1 aliphatic rings. The standard InChI is InChI=1S/C20H22N4O5/c1-4-5-8-23-17(26)14-7-6-12(9-15(14)18(23)27)16(25)22-13-10-21-24(11-13)20(2,3)19(28)29/h6-7,9-11H,4-5,8H2,1-3H3,(H,22,25)(H,28,29). The average Bonchev–Trinajstić information content (AvgIpc) is 3.24. The van der Waals surface area contributed by atoms with E-state index in [2.05, 4.69) is 10.4 Å². The van der Waals surface area contributed by atoms with E-state index in [-0.39, 0.29) is 17.0 Å². The largest absolute Gasteiger partial charge is 0.479 e. The second-order valence-electron chi connectivity index (χ2n) is 7.37. The van der Waals surface area contributed by atoms with Crippen LogP contribution in [-0.4, -0.2) is 50.0 Å². The number of amides is 3. The van der Waals surface area contributed by atoms with E-state index in [1.165, 1.54) is 54.0 Å². The molecule has 0 aliphatic carbocycles. The molecule has 2 N–H and O–H groups in total. The molecular weight excluding hydrogens is 376 g/mol. The van der Waals surface area contributed by atoms with Crippen LogP contribution in [0.1, 0.15) is 64.7 Å². The highest BCUT2D eigenvalue weighted by Gasteiger charge is 2.35. The predicted molar refractivity (Wildman–Crippen MR) is 104 cm³/mol. The summed E-state index contributed by atoms with van der Waals surface area (Å²) in [5.41, 5.74) is -0.241. The Morgan fingerprint density at radius 3 is 2.52 bits per heavy atom. The number of aromatic nitrogens is 2. The Morgan fingerprint density at radius 2 is 1.86 bits per heavy atom. The fraction of sp³-hybridized carbons (Fsp3) is 0.350. The number of carbonyl (C=O) groups excluding carboxylic acids is 3. The molecule has 3 amide bonds. The van der Waals surface area contributed by atoms with Crippen LogP contribution in [0.4, 0.5) is 5.69 Å². The minimum Gasteiger partial charge on any atom is -0.479 e. The minimum absolute atomic E-state index is 0.210. The van der Waals surface area contributed by atoms with E-state index >= 15 is 0 Å². The fourth-order valence-corrected chi connectivity index (χ4v) is 2.95. The molecule has 0 spiro atoms. The molecule has 0 bridgehead atoms. The zero-order valence-electron chi connectivity index (χ0n) is 16.4. The molecule has 0 saturated carbocycles. The van der Waals surface area contributed by atoms with Gasteiger partial charge in [-0.3, -0.25) is 24.0 Å². The number of rotatable bonds is 7. The number of carboxylic acids is 1. The highest BCUT2D eigenvalue weighted by molar-refractivity contribution is 6.22. The molecule has 0 radical (unpaired) electrons. The van der Waals surface area contributed by atoms with Gasteiger partial charge in [-0.25, -0.2) is 4.79 Å². The minimum atomic E-state index is -1.27. The van der Waals surface area contributed by atoms with Gasteiger partial charge in [-0.15, -0.1) is 0 Å². The van der Waals surface area contributed by atoms with Crippen molar-refractivity contribution in [1.29, 1.82) is 0 Å². The van der Waals surface area contributed by atoms with Crippen molar-refractivity contribution in [2.75, 3.05) is 11.9 Å². The number of carboxylic acid groups (broad SMARTS) is 1. The lowest BCUT2D eigenvalue weighted by molar-refractivity contribution is -0.146. The zero-order chi connectivity index (χ0) is 21.3. The van der Waals surface area contributed by atoms with Gasteiger partial charge in [0.05, 0.1) is 23.0 Å². The Bertz CT molecular complexity index is 1010. The van der Waals surface area contributed by atoms with Crippen molar-refractivity contribution in [3.63, 3.8) is 0 Å². The molecule has 3 rings (SSSR count). The molecule has 1 aromatic heterocycles. The molecule has 9 heteroatoms. The number of nitrogens with zero attached hydrogens (tertiary/aromatic N) is 3. The van der Waals surface area contributed by atoms with Crippen molar-refractivity contribution >= 4 is 29.4 Å². The Morgan fingerprint density at radius 1 is 1.17 bits per heavy atom. The molecule has 0 atom stereocenters. The third-order valence-electron chi connectivity index (χ3n) is 4.90. The number of nitrogens with one attached hydrogen (secondary N) is 1. The number of imide groups is 1. The third kappa shape index (κ3) is 3.63. The van der Waals surface area contributed by atoms with E-state index in [9.17, 15) is 24.3 Å². The number of unbranched alkanes of at least 4 members (excludes halogenated alkanes) is 1. The van der Waals surface area contributed by atoms with Gasteiger partial charge in [-0.1, -0.05) is 13.3 Å². The highest BCUT2D eigenvalue weighted by atomic mass is 16.4. The van der Waals surface area contributed by atoms with Gasteiger partial charge in [0.25, 0.3) is 17.7 Å². The van der Waals surface area contributed by atoms with Crippen LogP contribution in [0.15, 0.2) is 30.6 Å². The van der Waals surface area contributed by atoms with Crippen LogP contribution in [-0.2, 0) is 10.3 Å². The lowest BCUT2D eigenvalue weighted by Crippen LogP contribution is -2.35. The van der Waals surface area contributed by atoms with Crippen molar-refractivity contribution < 1.29 is 24.3 Å². The second kappa shape index (κ2) is 7.50. The molecule has 29 heavy (non-hydrogen) atoms. The van der Waals surface area contributed by atoms with Crippen LogP contribution in [0.2, 0.25) is 0 Å². The number of carbonyl (C=O) groups is 4. The maximum Gasteiger partial charge on any atom is 0.331 e. The van der Waals surface area contributed by atoms with Gasteiger partial charge >= 0.3 is 5.97 Å². The number of hydrogen-bond donors (Lipinski definition) is 2. The summed E-state index contributed by atoms with van der Waals surface area (Å²) in [5, 5.41) is 15.9. The zero-order valence-corrected chi connectivity index (χ0v) is 16.4. The van der Waals surface area contributed by atoms with Crippen molar-refractivity contribution in [2.24, 2.45) is 0 Å². The first-order valence-corrected chi connectivity index (χ1v) is 9.27. The van der Waals surface area contributed by atoms with Gasteiger partial charge < -0.3 is 10.4 Å². The van der Waals surface area contributed by atoms with Gasteiger partial charge in [0, 0.05) is 18.3 Å². The van der Waals surface area contributed by atoms with E-state index in [0.29, 0.717) is 17.8 Å². The van der Waals surface area contributed by atoms with Crippen LogP contribution >= 0.6 is 0 Å². The summed E-state index contributed by atoms with van der Waals surface area (Å²) in [6.07, 6.45) is 4.33. The van der Waals surface area contributed by atoms with Crippen molar-refractivity contribution in [1.82, 2.24) is 14.7 Å². The van der Waals surface area contributed by atoms with Crippen LogP contribution in [0.5, 0.6) is 0 Å². The third-order valence-corrected chi connectivity index (χ3v) is 4.90. The lowest BCUT2D eigenvalue weighted by Gasteiger charge is -2.19. The van der Waals surface area contributed by atoms with Crippen LogP contribution in [0.3, 0.4) is 0 Å². The first-order chi connectivity index (χ1) is 13.7. The maximum absolute atomic E-state index is 12.6. The average molecular weight is 398 g/mol. The van der Waals surface area contributed by atoms with Crippen molar-refractivity contribution in [3.8, 4) is 0 Å². The summed E-state index contributed by atoms with van der Waals surface area (Å²) in [6.45, 7) is 5.30. The summed E-state index contributed by atoms with van der Waals surface area (Å²) >= 11 is 0. The van der Waals surface area contributed by atoms with E-state index in [1.54, 1.807) is 0 Å². The van der Waals surface area contributed by atoms with Crippen molar-refractivity contribution in [3.05, 3.63) is 47.3 Å². The first-order valence-electron chi connectivity index (χ1n) is 9.27. The normalized spacial score (nSPS) is 13.6. The SMILES string of the molecule is CCCCN1C(=O)c2ccc(C(=O)Nc3cnn(C(C)(C)C(=O)O)c3)cc2C1=O. The number of hydrogen-bond acceptors (Lipinski definition) is 5. The fourth-order valence-electron chi connectivity index (χ4n) is 2.95. The molecule has 9 nitrogen and oxygen atoms in total. The summed E-state index contributed by atoms with van der Waals surface area (Å²) in [6, 6.07) is 4.37. The Hall–Kier alpha value is -3.49. The monoisotopic (exact) mass is 398 g/mol. The molecule has 0 saturated heterocycles. The maximum atomic E-state index is 12.6. The molecule has 2 aromatic rings. The summed E-state index contributed by atoms with van der Waals surface area (Å²) in [7, 11) is 0. The van der Waals surface area contributed by atoms with Crippen LogP contribution in [0, 0.1) is 0 Å². The van der Waals surface area contributed by atoms with Gasteiger partial charge in [-0.05, 0) is 38.5 Å². The summed E-state index contributed by atoms with van der Waals surface area (Å²) < 4.78 is 1.24. The Kier molecular flexibility index (Phi) is 5.23. The quantitative estimate of drug-likeness (QED) is 0.691. The molecule has 1 aromatic carbocycles. The van der Waals surface area contributed by atoms with Gasteiger partial charge in [0.1, 0.15) is 0 Å². The second-order valence-corrected chi connectivity index (χ2v) is 7.37. The number of aliphatic carboxylic acids is 1. The van der Waals surface area contributed by atoms with E-state index < -0.39 is 23.3 Å². The Balaban J connectivity index is 1.79. The van der Waals surface area contributed by atoms with Gasteiger partial charge in [-0.2, -0.15) is 5.10 Å². The molecule has 152 valence electrons. The van der Waals surface area contributed by atoms with Crippen molar-refractivity contribution in [2.45, 2.75) is 39.2 Å². The smallest absolute Gasteiger partial charge is 0.331 e. The Labute approximate surface area is 167 Å². The summed E-state index contributed by atoms with van der Waals surface area (Å²) in [5.74, 6) is -2.30. The highest BCUT2D eigenvalue weighted by Crippen LogP contribution is 2.25. The topological polar surface area (TPSA) is 122 Å². The molecular formula is C20H22N4O5. The molecule has 1 aliphatic heterocycles. The van der Waals surface area contributed by atoms with E-state index in [1.807, 2.05) is 6.92 Å². The number of anilines is 1. The number of benzene rings is 1. The number of fused-ring (bicyclic) bond motifs is 1. The van der Waals surface area contributed by atoms with Gasteiger partial charge in [0.15, 0.2) is 5.54 Å². The lowest BCUT2D eigenvalue weighted by atomic mass is 10.1. The van der Waals surface area contributed by atoms with E-state index in [4.69, 9.17) is 0 Å². The predicted octanol–water partition coefficient (Wildman–Crippen LogP) is 2.35. The molecule has 2 heterocycles. The van der Waals surface area contributed by atoms with Crippen LogP contribution in [0.25, 0.3) is 0 Å². The molecule has 0 fully saturated rings. The van der Waals surface area contributed by atoms with Gasteiger partial charge in [0.2, 0.25) is 0 Å². The van der Waals surface area contributed by atoms with Crippen LogP contribution < -0.4 is 5.32 Å². The molecule has 0 unspecified atom stereocenters. The first kappa shape index (κ1) is 20.2. The summed E-state index contributed by atoms with van der Waals surface area (Å²) in [4.78, 5) is 50.0. The van der Waals surface area contributed by atoms with E-state index in [0.717, 1.165) is 12.8 Å².